The molecule has 0 saturated carbocycles. The van der Waals surface area contributed by atoms with E-state index in [0.717, 1.165) is 43.0 Å². The lowest BCUT2D eigenvalue weighted by Crippen LogP contribution is -2.31. The van der Waals surface area contributed by atoms with Gasteiger partial charge in [0.1, 0.15) is 13.2 Å². The van der Waals surface area contributed by atoms with Crippen molar-refractivity contribution < 1.29 is 17.9 Å². The van der Waals surface area contributed by atoms with Crippen LogP contribution >= 0.6 is 0 Å². The van der Waals surface area contributed by atoms with Gasteiger partial charge in [-0.1, -0.05) is 6.42 Å². The van der Waals surface area contributed by atoms with Gasteiger partial charge in [-0.2, -0.15) is 0 Å². The number of unbranched alkanes of at least 4 members (excludes halogenated alkanes) is 2. The Balaban J connectivity index is 1.61. The van der Waals surface area contributed by atoms with Crippen molar-refractivity contribution in [2.75, 3.05) is 31.6 Å². The van der Waals surface area contributed by atoms with Gasteiger partial charge in [-0.05, 0) is 38.8 Å². The van der Waals surface area contributed by atoms with Crippen LogP contribution in [0.25, 0.3) is 0 Å². The lowest BCUT2D eigenvalue weighted by Gasteiger charge is -2.19. The molecule has 130 valence electrons. The highest BCUT2D eigenvalue weighted by Crippen LogP contribution is 2.32. The van der Waals surface area contributed by atoms with E-state index in [0.29, 0.717) is 19.8 Å². The smallest absolute Gasteiger partial charge is 0.213 e. The van der Waals surface area contributed by atoms with E-state index in [1.54, 1.807) is 13.8 Å². The summed E-state index contributed by atoms with van der Waals surface area (Å²) in [6.07, 6.45) is 2.80. The van der Waals surface area contributed by atoms with Crippen LogP contribution in [0.4, 0.5) is 5.69 Å². The van der Waals surface area contributed by atoms with Gasteiger partial charge in [0.2, 0.25) is 10.0 Å². The first-order valence-corrected chi connectivity index (χ1v) is 9.65. The first-order chi connectivity index (χ1) is 11.0. The third-order valence-corrected chi connectivity index (χ3v) is 5.50. The third-order valence-electron chi connectivity index (χ3n) is 3.65. The van der Waals surface area contributed by atoms with E-state index < -0.39 is 10.0 Å². The van der Waals surface area contributed by atoms with Crippen LogP contribution < -0.4 is 19.5 Å². The minimum Gasteiger partial charge on any atom is -0.486 e. The summed E-state index contributed by atoms with van der Waals surface area (Å²) >= 11 is 0. The Morgan fingerprint density at radius 3 is 2.48 bits per heavy atom. The predicted octanol–water partition coefficient (Wildman–Crippen LogP) is 2.37. The summed E-state index contributed by atoms with van der Waals surface area (Å²) in [5.41, 5.74) is 1.01. The standard InChI is InChI=1S/C16H26N2O4S/c1-13(2)23(19,20)18-9-5-3-4-8-17-14-6-7-15-16(12-14)22-11-10-21-15/h6-7,12-13,17-18H,3-5,8-11H2,1-2H3. The Morgan fingerprint density at radius 1 is 1.04 bits per heavy atom. The molecule has 0 amide bonds. The van der Waals surface area contributed by atoms with E-state index in [9.17, 15) is 8.42 Å². The molecule has 2 N–H and O–H groups in total. The zero-order valence-electron chi connectivity index (χ0n) is 13.8. The summed E-state index contributed by atoms with van der Waals surface area (Å²) in [6, 6.07) is 5.84. The summed E-state index contributed by atoms with van der Waals surface area (Å²) < 4.78 is 36.8. The molecule has 1 aromatic rings. The molecule has 2 rings (SSSR count). The number of ether oxygens (including phenoxy) is 2. The fraction of sp³-hybridized carbons (Fsp3) is 0.625. The largest absolute Gasteiger partial charge is 0.486 e. The van der Waals surface area contributed by atoms with Crippen molar-refractivity contribution in [1.82, 2.24) is 4.72 Å². The van der Waals surface area contributed by atoms with E-state index in [4.69, 9.17) is 9.47 Å². The maximum atomic E-state index is 11.6. The van der Waals surface area contributed by atoms with Gasteiger partial charge in [-0.25, -0.2) is 13.1 Å². The van der Waals surface area contributed by atoms with Gasteiger partial charge < -0.3 is 14.8 Å². The topological polar surface area (TPSA) is 76.7 Å². The quantitative estimate of drug-likeness (QED) is 0.674. The number of benzene rings is 1. The van der Waals surface area contributed by atoms with Crippen molar-refractivity contribution in [3.8, 4) is 11.5 Å². The minimum atomic E-state index is -3.13. The first kappa shape index (κ1) is 17.9. The molecule has 1 aromatic carbocycles. The molecule has 6 nitrogen and oxygen atoms in total. The van der Waals surface area contributed by atoms with Gasteiger partial charge in [0.05, 0.1) is 5.25 Å². The number of rotatable bonds is 9. The monoisotopic (exact) mass is 342 g/mol. The van der Waals surface area contributed by atoms with Gasteiger partial charge in [0.25, 0.3) is 0 Å². The van der Waals surface area contributed by atoms with Crippen LogP contribution in [0.3, 0.4) is 0 Å². The van der Waals surface area contributed by atoms with Crippen LogP contribution in [-0.2, 0) is 10.0 Å². The Kier molecular flexibility index (Phi) is 6.53. The Hall–Kier alpha value is -1.47. The molecule has 0 fully saturated rings. The molecule has 0 saturated heterocycles. The van der Waals surface area contributed by atoms with Crippen molar-refractivity contribution >= 4 is 15.7 Å². The second-order valence-corrected chi connectivity index (χ2v) is 8.16. The highest BCUT2D eigenvalue weighted by molar-refractivity contribution is 7.90. The van der Waals surface area contributed by atoms with Crippen LogP contribution in [0.1, 0.15) is 33.1 Å². The summed E-state index contributed by atoms with van der Waals surface area (Å²) in [6.45, 7) is 5.89. The SMILES string of the molecule is CC(C)S(=O)(=O)NCCCCCNc1ccc2c(c1)OCCO2. The highest BCUT2D eigenvalue weighted by atomic mass is 32.2. The molecule has 1 heterocycles. The summed E-state index contributed by atoms with van der Waals surface area (Å²) in [7, 11) is -3.13. The van der Waals surface area contributed by atoms with Crippen molar-refractivity contribution in [3.05, 3.63) is 18.2 Å². The van der Waals surface area contributed by atoms with Crippen LogP contribution in [-0.4, -0.2) is 40.0 Å². The fourth-order valence-electron chi connectivity index (χ4n) is 2.19. The van der Waals surface area contributed by atoms with E-state index >= 15 is 0 Å². The van der Waals surface area contributed by atoms with Crippen molar-refractivity contribution in [3.63, 3.8) is 0 Å². The summed E-state index contributed by atoms with van der Waals surface area (Å²) in [5, 5.41) is 2.97. The number of hydrogen-bond acceptors (Lipinski definition) is 5. The molecule has 0 radical (unpaired) electrons. The van der Waals surface area contributed by atoms with Crippen LogP contribution in [0.15, 0.2) is 18.2 Å². The Morgan fingerprint density at radius 2 is 1.74 bits per heavy atom. The van der Waals surface area contributed by atoms with Crippen LogP contribution in [0.5, 0.6) is 11.5 Å². The zero-order chi connectivity index (χ0) is 16.7. The molecule has 7 heteroatoms. The maximum Gasteiger partial charge on any atom is 0.213 e. The van der Waals surface area contributed by atoms with Gasteiger partial charge >= 0.3 is 0 Å². The number of hydrogen-bond donors (Lipinski definition) is 2. The minimum absolute atomic E-state index is 0.376. The maximum absolute atomic E-state index is 11.6. The second kappa shape index (κ2) is 8.40. The molecule has 0 aliphatic carbocycles. The second-order valence-electron chi connectivity index (χ2n) is 5.83. The van der Waals surface area contributed by atoms with Crippen molar-refractivity contribution in [2.45, 2.75) is 38.4 Å². The Bertz CT molecular complexity index is 602. The molecular formula is C16H26N2O4S. The fourth-order valence-corrected chi connectivity index (χ4v) is 2.96. The molecule has 0 bridgehead atoms. The number of anilines is 1. The van der Waals surface area contributed by atoms with Crippen LogP contribution in [0, 0.1) is 0 Å². The van der Waals surface area contributed by atoms with Crippen LogP contribution in [0.2, 0.25) is 0 Å². The van der Waals surface area contributed by atoms with E-state index in [-0.39, 0.29) is 5.25 Å². The molecule has 0 atom stereocenters. The van der Waals surface area contributed by atoms with Gasteiger partial charge in [-0.3, -0.25) is 0 Å². The molecule has 23 heavy (non-hydrogen) atoms. The van der Waals surface area contributed by atoms with Crippen molar-refractivity contribution in [1.29, 1.82) is 0 Å². The lowest BCUT2D eigenvalue weighted by molar-refractivity contribution is 0.171. The highest BCUT2D eigenvalue weighted by Gasteiger charge is 2.14. The number of fused-ring (bicyclic) bond motifs is 1. The molecular weight excluding hydrogens is 316 g/mol. The number of sulfonamides is 1. The van der Waals surface area contributed by atoms with Gasteiger partial charge in [0, 0.05) is 24.8 Å². The summed E-state index contributed by atoms with van der Waals surface area (Å²) in [5.74, 6) is 1.57. The van der Waals surface area contributed by atoms with Gasteiger partial charge in [0.15, 0.2) is 11.5 Å². The predicted molar refractivity (Wildman–Crippen MR) is 91.8 cm³/mol. The first-order valence-electron chi connectivity index (χ1n) is 8.11. The zero-order valence-corrected chi connectivity index (χ0v) is 14.6. The van der Waals surface area contributed by atoms with E-state index in [1.165, 1.54) is 0 Å². The molecule has 0 aromatic heterocycles. The van der Waals surface area contributed by atoms with E-state index in [2.05, 4.69) is 10.0 Å². The van der Waals surface area contributed by atoms with Crippen molar-refractivity contribution in [2.24, 2.45) is 0 Å². The van der Waals surface area contributed by atoms with E-state index in [1.807, 2.05) is 18.2 Å². The third kappa shape index (κ3) is 5.58. The average molecular weight is 342 g/mol. The molecule has 1 aliphatic heterocycles. The number of nitrogens with one attached hydrogen (secondary N) is 2. The Labute approximate surface area is 138 Å². The molecule has 0 unspecified atom stereocenters. The lowest BCUT2D eigenvalue weighted by atomic mass is 10.2. The van der Waals surface area contributed by atoms with Gasteiger partial charge in [-0.15, -0.1) is 0 Å². The summed E-state index contributed by atoms with van der Waals surface area (Å²) in [4.78, 5) is 0. The average Bonchev–Trinajstić information content (AvgIpc) is 2.53. The normalized spacial score (nSPS) is 14.0. The molecule has 1 aliphatic rings. The molecule has 0 spiro atoms.